The highest BCUT2D eigenvalue weighted by Crippen LogP contribution is 2.30. The maximum absolute atomic E-state index is 4.31. The predicted octanol–water partition coefficient (Wildman–Crippen LogP) is 7.01. The highest BCUT2D eigenvalue weighted by Gasteiger charge is 2.18. The van der Waals surface area contributed by atoms with Crippen molar-refractivity contribution >= 4 is 11.9 Å². The van der Waals surface area contributed by atoms with Crippen molar-refractivity contribution in [2.75, 3.05) is 13.1 Å². The quantitative estimate of drug-likeness (QED) is 0.439. The highest BCUT2D eigenvalue weighted by molar-refractivity contribution is 6.00. The van der Waals surface area contributed by atoms with Gasteiger partial charge in [-0.25, -0.2) is 0 Å². The Kier molecular flexibility index (Phi) is 8.20. The van der Waals surface area contributed by atoms with Gasteiger partial charge < -0.3 is 0 Å². The van der Waals surface area contributed by atoms with E-state index in [4.69, 9.17) is 0 Å². The minimum absolute atomic E-state index is 0.243. The molecule has 150 valence electrons. The van der Waals surface area contributed by atoms with Crippen LogP contribution in [0.4, 0.5) is 0 Å². The van der Waals surface area contributed by atoms with E-state index in [1.807, 2.05) is 6.21 Å². The molecule has 2 heteroatoms. The van der Waals surface area contributed by atoms with Gasteiger partial charge >= 0.3 is 0 Å². The maximum atomic E-state index is 4.31. The average Bonchev–Trinajstić information content (AvgIpc) is 3.28. The molecule has 0 radical (unpaired) electrons. The second-order valence-corrected chi connectivity index (χ2v) is 10.4. The van der Waals surface area contributed by atoms with Crippen molar-refractivity contribution in [3.63, 3.8) is 0 Å². The topological polar surface area (TPSA) is 24.7 Å². The van der Waals surface area contributed by atoms with E-state index in [1.54, 1.807) is 5.57 Å². The number of aliphatic imine (C=N–C) groups is 2. The van der Waals surface area contributed by atoms with Gasteiger partial charge in [0.15, 0.2) is 0 Å². The number of hydrogen-bond donors (Lipinski definition) is 0. The molecule has 0 atom stereocenters. The zero-order valence-electron chi connectivity index (χ0n) is 19.1. The third-order valence-corrected chi connectivity index (χ3v) is 4.66. The van der Waals surface area contributed by atoms with Crippen molar-refractivity contribution in [2.45, 2.75) is 68.7 Å². The molecule has 0 saturated heterocycles. The van der Waals surface area contributed by atoms with Gasteiger partial charge in [-0.05, 0) is 28.9 Å². The molecule has 0 unspecified atom stereocenters. The fraction of sp³-hybridized carbons (Fsp3) is 0.600. The first kappa shape index (κ1) is 23.3. The molecule has 2 heterocycles. The van der Waals surface area contributed by atoms with Crippen molar-refractivity contribution in [2.24, 2.45) is 26.2 Å². The molecular formula is C25H40N2. The molecule has 0 bridgehead atoms. The summed E-state index contributed by atoms with van der Waals surface area (Å²) in [5.74, 6) is 0. The van der Waals surface area contributed by atoms with Crippen molar-refractivity contribution in [3.8, 4) is 0 Å². The molecule has 0 fully saturated rings. The SMILES string of the molecule is CC(C)(C)C1=CC=CC1.CC(C)(C)C1=CCN=C1.CC(C)(C)C1=NCC=C1. The van der Waals surface area contributed by atoms with Gasteiger partial charge in [-0.3, -0.25) is 9.98 Å². The molecule has 27 heavy (non-hydrogen) atoms. The van der Waals surface area contributed by atoms with E-state index in [-0.39, 0.29) is 5.41 Å². The Morgan fingerprint density at radius 3 is 1.67 bits per heavy atom. The molecule has 0 aromatic rings. The van der Waals surface area contributed by atoms with Gasteiger partial charge in [0, 0.05) is 17.3 Å². The van der Waals surface area contributed by atoms with Crippen LogP contribution in [0, 0.1) is 16.2 Å². The zero-order chi connectivity index (χ0) is 20.7. The molecule has 2 aliphatic heterocycles. The van der Waals surface area contributed by atoms with Crippen LogP contribution in [0.15, 0.2) is 57.6 Å². The average molecular weight is 369 g/mol. The number of allylic oxidation sites excluding steroid dienone is 6. The van der Waals surface area contributed by atoms with Crippen molar-refractivity contribution < 1.29 is 0 Å². The predicted molar refractivity (Wildman–Crippen MR) is 123 cm³/mol. The second-order valence-electron chi connectivity index (χ2n) is 10.4. The Balaban J connectivity index is 0.000000202. The fourth-order valence-corrected chi connectivity index (χ4v) is 2.71. The van der Waals surface area contributed by atoms with Gasteiger partial charge in [0.2, 0.25) is 0 Å². The molecule has 0 aromatic carbocycles. The van der Waals surface area contributed by atoms with Gasteiger partial charge in [-0.15, -0.1) is 0 Å². The first-order valence-electron chi connectivity index (χ1n) is 10.1. The first-order valence-corrected chi connectivity index (χ1v) is 10.1. The third kappa shape index (κ3) is 8.69. The van der Waals surface area contributed by atoms with Crippen LogP contribution in [-0.2, 0) is 0 Å². The Bertz CT molecular complexity index is 621. The number of rotatable bonds is 0. The minimum Gasteiger partial charge on any atom is -0.289 e. The zero-order valence-corrected chi connectivity index (χ0v) is 19.1. The maximum Gasteiger partial charge on any atom is 0.0577 e. The summed E-state index contributed by atoms with van der Waals surface area (Å²) in [6, 6.07) is 0. The van der Waals surface area contributed by atoms with E-state index in [0.29, 0.717) is 10.8 Å². The fourth-order valence-electron chi connectivity index (χ4n) is 2.71. The highest BCUT2D eigenvalue weighted by atomic mass is 14.8. The van der Waals surface area contributed by atoms with Crippen molar-refractivity contribution in [1.29, 1.82) is 0 Å². The second kappa shape index (κ2) is 9.48. The van der Waals surface area contributed by atoms with Crippen LogP contribution in [-0.4, -0.2) is 25.0 Å². The van der Waals surface area contributed by atoms with Gasteiger partial charge in [-0.2, -0.15) is 0 Å². The van der Waals surface area contributed by atoms with Crippen LogP contribution in [0.1, 0.15) is 68.7 Å². The molecule has 1 aliphatic carbocycles. The molecule has 0 spiro atoms. The van der Waals surface area contributed by atoms with Crippen LogP contribution in [0.2, 0.25) is 0 Å². The molecule has 2 nitrogen and oxygen atoms in total. The van der Waals surface area contributed by atoms with Gasteiger partial charge in [0.1, 0.15) is 0 Å². The summed E-state index contributed by atoms with van der Waals surface area (Å²) in [7, 11) is 0. The Morgan fingerprint density at radius 1 is 0.778 bits per heavy atom. The lowest BCUT2D eigenvalue weighted by Gasteiger charge is -2.19. The van der Waals surface area contributed by atoms with Crippen LogP contribution < -0.4 is 0 Å². The van der Waals surface area contributed by atoms with Gasteiger partial charge in [0.05, 0.1) is 13.1 Å². The number of hydrogen-bond acceptors (Lipinski definition) is 2. The molecule has 3 rings (SSSR count). The molecule has 0 N–H and O–H groups in total. The summed E-state index contributed by atoms with van der Waals surface area (Å²) in [6.45, 7) is 21.7. The summed E-state index contributed by atoms with van der Waals surface area (Å²) in [5.41, 5.74) is 5.05. The molecular weight excluding hydrogens is 328 g/mol. The van der Waals surface area contributed by atoms with E-state index >= 15 is 0 Å². The van der Waals surface area contributed by atoms with Crippen molar-refractivity contribution in [3.05, 3.63) is 47.6 Å². The summed E-state index contributed by atoms with van der Waals surface area (Å²) >= 11 is 0. The molecule has 3 aliphatic rings. The van der Waals surface area contributed by atoms with E-state index in [2.05, 4.69) is 109 Å². The summed E-state index contributed by atoms with van der Waals surface area (Å²) in [6.07, 6.45) is 16.1. The van der Waals surface area contributed by atoms with E-state index in [0.717, 1.165) is 19.5 Å². The van der Waals surface area contributed by atoms with Crippen LogP contribution in [0.25, 0.3) is 0 Å². The lowest BCUT2D eigenvalue weighted by Crippen LogP contribution is -2.16. The Hall–Kier alpha value is -1.70. The Morgan fingerprint density at radius 2 is 1.44 bits per heavy atom. The largest absolute Gasteiger partial charge is 0.289 e. The number of nitrogens with zero attached hydrogens (tertiary/aromatic N) is 2. The third-order valence-electron chi connectivity index (χ3n) is 4.66. The lowest BCUT2D eigenvalue weighted by molar-refractivity contribution is 0.496. The van der Waals surface area contributed by atoms with E-state index in [9.17, 15) is 0 Å². The van der Waals surface area contributed by atoms with Crippen LogP contribution in [0.5, 0.6) is 0 Å². The molecule has 0 saturated carbocycles. The monoisotopic (exact) mass is 368 g/mol. The molecule has 0 aromatic heterocycles. The Labute approximate surface area is 168 Å². The van der Waals surface area contributed by atoms with E-state index in [1.165, 1.54) is 11.3 Å². The summed E-state index contributed by atoms with van der Waals surface area (Å²) < 4.78 is 0. The normalized spacial score (nSPS) is 18.3. The standard InChI is InChI=1S/C9H14.2C8H13N/c1-9(2,3)8-6-4-5-7-8;1-8(2,3)7-4-5-9-6-7;1-8(2,3)7-5-4-6-9-7/h4-6H,7H2,1-3H3;4,6H,5H2,1-3H3;4-5H,6H2,1-3H3. The smallest absolute Gasteiger partial charge is 0.0577 e. The van der Waals surface area contributed by atoms with Gasteiger partial charge in [-0.1, -0.05) is 98.3 Å². The summed E-state index contributed by atoms with van der Waals surface area (Å²) in [5, 5.41) is 0. The van der Waals surface area contributed by atoms with Gasteiger partial charge in [0.25, 0.3) is 0 Å². The van der Waals surface area contributed by atoms with Crippen molar-refractivity contribution in [1.82, 2.24) is 0 Å². The molecule has 0 amide bonds. The van der Waals surface area contributed by atoms with Crippen LogP contribution in [0.3, 0.4) is 0 Å². The van der Waals surface area contributed by atoms with E-state index < -0.39 is 0 Å². The van der Waals surface area contributed by atoms with Crippen LogP contribution >= 0.6 is 0 Å². The minimum atomic E-state index is 0.243. The lowest BCUT2D eigenvalue weighted by atomic mass is 9.86. The first-order chi connectivity index (χ1) is 12.3. The summed E-state index contributed by atoms with van der Waals surface area (Å²) in [4.78, 5) is 8.43.